The van der Waals surface area contributed by atoms with Crippen LogP contribution < -0.4 is 5.73 Å². The summed E-state index contributed by atoms with van der Waals surface area (Å²) in [4.78, 5) is 2.38. The van der Waals surface area contributed by atoms with Crippen molar-refractivity contribution < 1.29 is 4.39 Å². The van der Waals surface area contributed by atoms with Crippen LogP contribution in [0, 0.1) is 18.2 Å². The summed E-state index contributed by atoms with van der Waals surface area (Å²) in [5.74, 6) is -0.126. The second-order valence-corrected chi connectivity index (χ2v) is 6.52. The third-order valence-corrected chi connectivity index (χ3v) is 5.53. The van der Waals surface area contributed by atoms with Crippen LogP contribution in [0.4, 0.5) is 4.39 Å². The second kappa shape index (κ2) is 6.89. The molecule has 1 saturated heterocycles. The Bertz CT molecular complexity index is 458. The van der Waals surface area contributed by atoms with Gasteiger partial charge in [-0.2, -0.15) is 0 Å². The van der Waals surface area contributed by atoms with Crippen molar-refractivity contribution >= 4 is 0 Å². The predicted octanol–water partition coefficient (Wildman–Crippen LogP) is 4.04. The van der Waals surface area contributed by atoms with Gasteiger partial charge in [0.1, 0.15) is 5.82 Å². The molecular formula is C18H29FN2. The van der Waals surface area contributed by atoms with E-state index in [0.29, 0.717) is 12.0 Å². The number of piperidine rings is 1. The lowest BCUT2D eigenvalue weighted by molar-refractivity contribution is 0.0669. The van der Waals surface area contributed by atoms with Gasteiger partial charge in [-0.1, -0.05) is 44.4 Å². The second-order valence-electron chi connectivity index (χ2n) is 6.52. The molecule has 2 rings (SSSR count). The quantitative estimate of drug-likeness (QED) is 0.887. The molecule has 0 aliphatic carbocycles. The molecule has 1 heterocycles. The molecule has 1 fully saturated rings. The van der Waals surface area contributed by atoms with Crippen LogP contribution in [0.15, 0.2) is 18.2 Å². The van der Waals surface area contributed by atoms with Crippen LogP contribution in [0.3, 0.4) is 0 Å². The fourth-order valence-electron chi connectivity index (χ4n) is 3.66. The Kier molecular flexibility index (Phi) is 5.39. The number of benzene rings is 1. The predicted molar refractivity (Wildman–Crippen MR) is 86.8 cm³/mol. The van der Waals surface area contributed by atoms with E-state index >= 15 is 0 Å². The summed E-state index contributed by atoms with van der Waals surface area (Å²) >= 11 is 0. The Balaban J connectivity index is 2.15. The maximum absolute atomic E-state index is 14.2. The summed E-state index contributed by atoms with van der Waals surface area (Å²) in [6.45, 7) is 9.12. The number of nitrogens with zero attached hydrogens (tertiary/aromatic N) is 1. The first-order chi connectivity index (χ1) is 10.0. The molecule has 0 saturated carbocycles. The van der Waals surface area contributed by atoms with Crippen molar-refractivity contribution in [3.05, 3.63) is 35.1 Å². The van der Waals surface area contributed by atoms with Gasteiger partial charge in [0.05, 0.1) is 0 Å². The monoisotopic (exact) mass is 292 g/mol. The van der Waals surface area contributed by atoms with E-state index in [4.69, 9.17) is 5.73 Å². The summed E-state index contributed by atoms with van der Waals surface area (Å²) in [6.07, 6.45) is 4.88. The SMILES string of the molecule is CCC1(CC)CCN(C(CN)c2cc(C)ccc2F)CC1. The molecule has 1 aliphatic rings. The Morgan fingerprint density at radius 2 is 1.86 bits per heavy atom. The first-order valence-electron chi connectivity index (χ1n) is 8.25. The Morgan fingerprint density at radius 1 is 1.24 bits per heavy atom. The Morgan fingerprint density at radius 3 is 2.38 bits per heavy atom. The summed E-state index contributed by atoms with van der Waals surface area (Å²) in [5.41, 5.74) is 8.32. The molecule has 21 heavy (non-hydrogen) atoms. The van der Waals surface area contributed by atoms with E-state index in [0.717, 1.165) is 24.2 Å². The number of nitrogens with two attached hydrogens (primary N) is 1. The minimum atomic E-state index is -0.126. The summed E-state index contributed by atoms with van der Waals surface area (Å²) in [6, 6.07) is 5.35. The lowest BCUT2D eigenvalue weighted by Crippen LogP contribution is -2.43. The zero-order valence-corrected chi connectivity index (χ0v) is 13.7. The molecule has 0 spiro atoms. The normalized spacial score (nSPS) is 20.4. The van der Waals surface area contributed by atoms with E-state index in [-0.39, 0.29) is 11.9 Å². The molecule has 0 bridgehead atoms. The van der Waals surface area contributed by atoms with Crippen LogP contribution in [-0.4, -0.2) is 24.5 Å². The van der Waals surface area contributed by atoms with E-state index in [1.54, 1.807) is 6.07 Å². The molecule has 0 aromatic heterocycles. The first-order valence-corrected chi connectivity index (χ1v) is 8.25. The van der Waals surface area contributed by atoms with Crippen LogP contribution in [0.2, 0.25) is 0 Å². The van der Waals surface area contributed by atoms with Gasteiger partial charge in [-0.15, -0.1) is 0 Å². The topological polar surface area (TPSA) is 29.3 Å². The highest BCUT2D eigenvalue weighted by Gasteiger charge is 2.34. The number of hydrogen-bond acceptors (Lipinski definition) is 2. The molecule has 1 unspecified atom stereocenters. The largest absolute Gasteiger partial charge is 0.329 e. The van der Waals surface area contributed by atoms with Crippen LogP contribution >= 0.6 is 0 Å². The molecule has 1 aromatic rings. The van der Waals surface area contributed by atoms with Crippen LogP contribution in [0.5, 0.6) is 0 Å². The van der Waals surface area contributed by atoms with Gasteiger partial charge in [0.25, 0.3) is 0 Å². The first kappa shape index (κ1) is 16.4. The van der Waals surface area contributed by atoms with E-state index in [1.165, 1.54) is 25.7 Å². The van der Waals surface area contributed by atoms with Gasteiger partial charge in [-0.25, -0.2) is 4.39 Å². The van der Waals surface area contributed by atoms with Crippen LogP contribution in [-0.2, 0) is 0 Å². The third-order valence-electron chi connectivity index (χ3n) is 5.53. The lowest BCUT2D eigenvalue weighted by atomic mass is 9.74. The van der Waals surface area contributed by atoms with Crippen LogP contribution in [0.1, 0.15) is 56.7 Å². The van der Waals surface area contributed by atoms with Gasteiger partial charge in [-0.05, 0) is 44.3 Å². The molecule has 118 valence electrons. The maximum Gasteiger partial charge on any atom is 0.128 e. The van der Waals surface area contributed by atoms with Gasteiger partial charge in [-0.3, -0.25) is 4.90 Å². The smallest absolute Gasteiger partial charge is 0.128 e. The highest BCUT2D eigenvalue weighted by molar-refractivity contribution is 5.27. The molecule has 3 heteroatoms. The van der Waals surface area contributed by atoms with Gasteiger partial charge in [0, 0.05) is 18.2 Å². The Hall–Kier alpha value is -0.930. The molecule has 2 N–H and O–H groups in total. The number of likely N-dealkylation sites (tertiary alicyclic amines) is 1. The number of halogens is 1. The van der Waals surface area contributed by atoms with E-state index in [2.05, 4.69) is 18.7 Å². The fourth-order valence-corrected chi connectivity index (χ4v) is 3.66. The molecule has 2 nitrogen and oxygen atoms in total. The molecular weight excluding hydrogens is 263 g/mol. The Labute approximate surface area is 128 Å². The average molecular weight is 292 g/mol. The van der Waals surface area contributed by atoms with Crippen molar-refractivity contribution in [2.24, 2.45) is 11.1 Å². The minimum absolute atomic E-state index is 0.0108. The third kappa shape index (κ3) is 3.46. The summed E-state index contributed by atoms with van der Waals surface area (Å²) < 4.78 is 14.2. The van der Waals surface area contributed by atoms with Gasteiger partial charge < -0.3 is 5.73 Å². The lowest BCUT2D eigenvalue weighted by Gasteiger charge is -2.44. The van der Waals surface area contributed by atoms with Crippen molar-refractivity contribution in [1.29, 1.82) is 0 Å². The minimum Gasteiger partial charge on any atom is -0.329 e. The van der Waals surface area contributed by atoms with Gasteiger partial charge >= 0.3 is 0 Å². The van der Waals surface area contributed by atoms with E-state index in [1.807, 2.05) is 19.1 Å². The van der Waals surface area contributed by atoms with E-state index < -0.39 is 0 Å². The number of aryl methyl sites for hydroxylation is 1. The fraction of sp³-hybridized carbons (Fsp3) is 0.667. The highest BCUT2D eigenvalue weighted by atomic mass is 19.1. The van der Waals surface area contributed by atoms with Crippen molar-refractivity contribution in [2.75, 3.05) is 19.6 Å². The highest BCUT2D eigenvalue weighted by Crippen LogP contribution is 2.40. The average Bonchev–Trinajstić information content (AvgIpc) is 2.52. The molecule has 1 aromatic carbocycles. The number of rotatable bonds is 5. The van der Waals surface area contributed by atoms with Gasteiger partial charge in [0.2, 0.25) is 0 Å². The summed E-state index contributed by atoms with van der Waals surface area (Å²) in [7, 11) is 0. The van der Waals surface area contributed by atoms with Crippen LogP contribution in [0.25, 0.3) is 0 Å². The molecule has 1 atom stereocenters. The van der Waals surface area contributed by atoms with Crippen molar-refractivity contribution in [3.63, 3.8) is 0 Å². The maximum atomic E-state index is 14.2. The molecule has 1 aliphatic heterocycles. The van der Waals surface area contributed by atoms with E-state index in [9.17, 15) is 4.39 Å². The zero-order chi connectivity index (χ0) is 15.5. The standard InChI is InChI=1S/C18H29FN2/c1-4-18(5-2)8-10-21(11-9-18)17(13-20)15-12-14(3)6-7-16(15)19/h6-7,12,17H,4-5,8-11,13,20H2,1-3H3. The van der Waals surface area contributed by atoms with Crippen molar-refractivity contribution in [3.8, 4) is 0 Å². The van der Waals surface area contributed by atoms with Crippen molar-refractivity contribution in [2.45, 2.75) is 52.5 Å². The zero-order valence-electron chi connectivity index (χ0n) is 13.7. The van der Waals surface area contributed by atoms with Gasteiger partial charge in [0.15, 0.2) is 0 Å². The molecule has 0 radical (unpaired) electrons. The summed E-state index contributed by atoms with van der Waals surface area (Å²) in [5, 5.41) is 0. The molecule has 0 amide bonds. The number of hydrogen-bond donors (Lipinski definition) is 1. The van der Waals surface area contributed by atoms with Crippen molar-refractivity contribution in [1.82, 2.24) is 4.90 Å².